The molecule has 0 radical (unpaired) electrons. The fourth-order valence-electron chi connectivity index (χ4n) is 3.10. The van der Waals surface area contributed by atoms with E-state index in [1.165, 1.54) is 24.0 Å². The van der Waals surface area contributed by atoms with Gasteiger partial charge in [-0.3, -0.25) is 0 Å². The molecule has 4 nitrogen and oxygen atoms in total. The summed E-state index contributed by atoms with van der Waals surface area (Å²) in [4.78, 5) is 10.1. The number of benzene rings is 1. The third kappa shape index (κ3) is 4.37. The van der Waals surface area contributed by atoms with Crippen LogP contribution in [0.5, 0.6) is 0 Å². The second-order valence-electron chi connectivity index (χ2n) is 6.02. The summed E-state index contributed by atoms with van der Waals surface area (Å²) in [6.07, 6.45) is 6.20. The molecule has 6 heteroatoms. The average molecular weight is 373 g/mol. The van der Waals surface area contributed by atoms with Crippen LogP contribution in [0.4, 0.5) is 10.9 Å². The fourth-order valence-corrected chi connectivity index (χ4v) is 3.93. The lowest BCUT2D eigenvalue weighted by Crippen LogP contribution is -2.26. The first-order chi connectivity index (χ1) is 11.9. The molecule has 0 bridgehead atoms. The maximum atomic E-state index is 4.49. The summed E-state index contributed by atoms with van der Waals surface area (Å²) in [5.74, 6) is 1.51. The Bertz CT molecular complexity index is 800. The molecule has 130 valence electrons. The number of hydrogen-bond acceptors (Lipinski definition) is 5. The lowest BCUT2D eigenvalue weighted by molar-refractivity contribution is 0.460. The predicted molar refractivity (Wildman–Crippen MR) is 107 cm³/mol. The molecular weight excluding hydrogens is 352 g/mol. The van der Waals surface area contributed by atoms with E-state index in [4.69, 9.17) is 0 Å². The molecule has 3 heterocycles. The van der Waals surface area contributed by atoms with Crippen molar-refractivity contribution < 1.29 is 0 Å². The zero-order valence-corrected chi connectivity index (χ0v) is 15.4. The van der Waals surface area contributed by atoms with Gasteiger partial charge in [0.2, 0.25) is 0 Å². The molecule has 25 heavy (non-hydrogen) atoms. The van der Waals surface area contributed by atoms with Crippen molar-refractivity contribution in [2.45, 2.75) is 18.8 Å². The number of halogens is 1. The SMILES string of the molecule is Cl.c1ccc(-c2cnc(Nc3cc(C4CCNCC4)ccn3)s2)cc1. The van der Waals surface area contributed by atoms with E-state index in [1.54, 1.807) is 11.3 Å². The van der Waals surface area contributed by atoms with Crippen LogP contribution in [-0.2, 0) is 0 Å². The van der Waals surface area contributed by atoms with Crippen LogP contribution in [0.1, 0.15) is 24.3 Å². The maximum absolute atomic E-state index is 4.49. The van der Waals surface area contributed by atoms with Gasteiger partial charge in [-0.1, -0.05) is 41.7 Å². The van der Waals surface area contributed by atoms with E-state index >= 15 is 0 Å². The van der Waals surface area contributed by atoms with E-state index in [2.05, 4.69) is 44.9 Å². The second kappa shape index (κ2) is 8.43. The van der Waals surface area contributed by atoms with Gasteiger partial charge in [-0.15, -0.1) is 12.4 Å². The van der Waals surface area contributed by atoms with Gasteiger partial charge in [0.05, 0.1) is 4.88 Å². The highest BCUT2D eigenvalue weighted by atomic mass is 35.5. The van der Waals surface area contributed by atoms with Crippen LogP contribution in [-0.4, -0.2) is 23.1 Å². The van der Waals surface area contributed by atoms with Crippen LogP contribution in [0.25, 0.3) is 10.4 Å². The minimum Gasteiger partial charge on any atom is -0.317 e. The quantitative estimate of drug-likeness (QED) is 0.688. The number of thiazole rings is 1. The zero-order chi connectivity index (χ0) is 16.2. The third-order valence-electron chi connectivity index (χ3n) is 4.39. The standard InChI is InChI=1S/C19H20N4S.ClH/c1-2-4-15(5-3-1)17-13-22-19(24-17)23-18-12-16(8-11-21-18)14-6-9-20-10-7-14;/h1-5,8,11-14,20H,6-7,9-10H2,(H,21,22,23);1H. The average Bonchev–Trinajstić information content (AvgIpc) is 3.12. The molecule has 3 aromatic rings. The van der Waals surface area contributed by atoms with Gasteiger partial charge in [-0.05, 0) is 55.1 Å². The first-order valence-corrected chi connectivity index (χ1v) is 9.15. The van der Waals surface area contributed by atoms with Crippen LogP contribution in [0, 0.1) is 0 Å². The van der Waals surface area contributed by atoms with Crippen molar-refractivity contribution in [1.29, 1.82) is 0 Å². The van der Waals surface area contributed by atoms with E-state index in [0.717, 1.165) is 28.9 Å². The molecule has 1 fully saturated rings. The number of piperidine rings is 1. The molecule has 2 aromatic heterocycles. The highest BCUT2D eigenvalue weighted by molar-refractivity contribution is 7.18. The van der Waals surface area contributed by atoms with Crippen molar-refractivity contribution >= 4 is 34.7 Å². The Labute approximate surface area is 158 Å². The topological polar surface area (TPSA) is 49.8 Å². The molecule has 0 unspecified atom stereocenters. The monoisotopic (exact) mass is 372 g/mol. The van der Waals surface area contributed by atoms with Gasteiger partial charge in [0, 0.05) is 12.4 Å². The summed E-state index contributed by atoms with van der Waals surface area (Å²) < 4.78 is 0. The Hall–Kier alpha value is -1.95. The van der Waals surface area contributed by atoms with Gasteiger partial charge < -0.3 is 10.6 Å². The first kappa shape index (κ1) is 17.9. The molecule has 0 aliphatic carbocycles. The molecule has 1 aromatic carbocycles. The van der Waals surface area contributed by atoms with Gasteiger partial charge >= 0.3 is 0 Å². The number of aromatic nitrogens is 2. The van der Waals surface area contributed by atoms with E-state index in [1.807, 2.05) is 30.6 Å². The van der Waals surface area contributed by atoms with Crippen LogP contribution in [0.3, 0.4) is 0 Å². The number of hydrogen-bond donors (Lipinski definition) is 2. The summed E-state index contributed by atoms with van der Waals surface area (Å²) >= 11 is 1.65. The first-order valence-electron chi connectivity index (χ1n) is 8.33. The lowest BCUT2D eigenvalue weighted by atomic mass is 9.91. The van der Waals surface area contributed by atoms with Gasteiger partial charge in [0.1, 0.15) is 5.82 Å². The van der Waals surface area contributed by atoms with Crippen molar-refractivity contribution in [3.63, 3.8) is 0 Å². The molecule has 0 saturated carbocycles. The Morgan fingerprint density at radius 1 is 1.04 bits per heavy atom. The fraction of sp³-hybridized carbons (Fsp3) is 0.263. The summed E-state index contributed by atoms with van der Waals surface area (Å²) in [7, 11) is 0. The van der Waals surface area contributed by atoms with Gasteiger partial charge in [-0.2, -0.15) is 0 Å². The number of pyridine rings is 1. The van der Waals surface area contributed by atoms with Crippen molar-refractivity contribution in [3.8, 4) is 10.4 Å². The molecule has 0 atom stereocenters. The summed E-state index contributed by atoms with van der Waals surface area (Å²) in [5.41, 5.74) is 2.56. The number of nitrogens with one attached hydrogen (secondary N) is 2. The van der Waals surface area contributed by atoms with Crippen LogP contribution in [0.15, 0.2) is 54.9 Å². The van der Waals surface area contributed by atoms with Crippen LogP contribution < -0.4 is 10.6 Å². The Morgan fingerprint density at radius 2 is 1.84 bits per heavy atom. The van der Waals surface area contributed by atoms with Crippen molar-refractivity contribution in [3.05, 3.63) is 60.4 Å². The third-order valence-corrected chi connectivity index (χ3v) is 5.36. The minimum absolute atomic E-state index is 0. The second-order valence-corrected chi connectivity index (χ2v) is 7.05. The summed E-state index contributed by atoms with van der Waals surface area (Å²) in [6.45, 7) is 2.20. The molecule has 0 amide bonds. The minimum atomic E-state index is 0. The Balaban J connectivity index is 0.00000182. The van der Waals surface area contributed by atoms with Crippen LogP contribution >= 0.6 is 23.7 Å². The van der Waals surface area contributed by atoms with Crippen molar-refractivity contribution in [2.24, 2.45) is 0 Å². The van der Waals surface area contributed by atoms with Gasteiger partial charge in [0.25, 0.3) is 0 Å². The Kier molecular flexibility index (Phi) is 6.02. The molecule has 1 aliphatic rings. The highest BCUT2D eigenvalue weighted by Crippen LogP contribution is 2.31. The maximum Gasteiger partial charge on any atom is 0.188 e. The van der Waals surface area contributed by atoms with E-state index < -0.39 is 0 Å². The van der Waals surface area contributed by atoms with Crippen molar-refractivity contribution in [2.75, 3.05) is 18.4 Å². The normalized spacial score (nSPS) is 14.7. The molecular formula is C19H21ClN4S. The smallest absolute Gasteiger partial charge is 0.188 e. The molecule has 1 aliphatic heterocycles. The predicted octanol–water partition coefficient (Wildman–Crippen LogP) is 4.84. The zero-order valence-electron chi connectivity index (χ0n) is 13.8. The number of nitrogens with zero attached hydrogens (tertiary/aromatic N) is 2. The van der Waals surface area contributed by atoms with E-state index in [9.17, 15) is 0 Å². The van der Waals surface area contributed by atoms with Crippen molar-refractivity contribution in [1.82, 2.24) is 15.3 Å². The molecule has 2 N–H and O–H groups in total. The summed E-state index contributed by atoms with van der Waals surface area (Å²) in [5, 5.41) is 7.65. The van der Waals surface area contributed by atoms with Gasteiger partial charge in [0.15, 0.2) is 5.13 Å². The summed E-state index contributed by atoms with van der Waals surface area (Å²) in [6, 6.07) is 14.6. The molecule has 4 rings (SSSR count). The van der Waals surface area contributed by atoms with E-state index in [-0.39, 0.29) is 12.4 Å². The number of rotatable bonds is 4. The van der Waals surface area contributed by atoms with E-state index in [0.29, 0.717) is 5.92 Å². The lowest BCUT2D eigenvalue weighted by Gasteiger charge is -2.23. The molecule has 0 spiro atoms. The molecule has 1 saturated heterocycles. The van der Waals surface area contributed by atoms with Crippen LogP contribution in [0.2, 0.25) is 0 Å². The highest BCUT2D eigenvalue weighted by Gasteiger charge is 2.15. The largest absolute Gasteiger partial charge is 0.317 e. The number of anilines is 2. The van der Waals surface area contributed by atoms with Gasteiger partial charge in [-0.25, -0.2) is 9.97 Å². The Morgan fingerprint density at radius 3 is 2.64 bits per heavy atom.